The molecule has 5 N–H and O–H groups in total. The average Bonchev–Trinajstić information content (AvgIpc) is 3.45. The molecule has 10 heteroatoms. The molecule has 1 fully saturated rings. The van der Waals surface area contributed by atoms with Gasteiger partial charge in [-0.2, -0.15) is 0 Å². The van der Waals surface area contributed by atoms with E-state index in [1.807, 2.05) is 29.7 Å². The van der Waals surface area contributed by atoms with Crippen molar-refractivity contribution in [2.24, 2.45) is 0 Å². The molecule has 0 aliphatic carbocycles. The summed E-state index contributed by atoms with van der Waals surface area (Å²) in [5.41, 5.74) is 4.28. The number of hydrogen-bond acceptors (Lipinski definition) is 9. The predicted octanol–water partition coefficient (Wildman–Crippen LogP) is 0.0210. The van der Waals surface area contributed by atoms with Gasteiger partial charge in [0.25, 0.3) is 5.79 Å². The lowest BCUT2D eigenvalue weighted by Crippen LogP contribution is -2.69. The molecular formula is C24H28N2O8. The van der Waals surface area contributed by atoms with E-state index < -0.39 is 37.0 Å². The van der Waals surface area contributed by atoms with Crippen LogP contribution in [0.5, 0.6) is 11.5 Å². The molecule has 1 saturated heterocycles. The van der Waals surface area contributed by atoms with Crippen LogP contribution in [0.15, 0.2) is 36.7 Å². The van der Waals surface area contributed by atoms with E-state index in [2.05, 4.69) is 11.1 Å². The van der Waals surface area contributed by atoms with Crippen LogP contribution < -0.4 is 9.47 Å². The molecule has 0 bridgehead atoms. The fraction of sp³-hybridized carbons (Fsp3) is 0.458. The van der Waals surface area contributed by atoms with Gasteiger partial charge in [0.05, 0.1) is 25.1 Å². The highest BCUT2D eigenvalue weighted by molar-refractivity contribution is 5.83. The molecule has 0 saturated carbocycles. The minimum atomic E-state index is -2.67. The number of aliphatic hydroxyl groups excluding tert-OH is 4. The number of rotatable bonds is 6. The van der Waals surface area contributed by atoms with Crippen LogP contribution in [-0.2, 0) is 24.1 Å². The maximum Gasteiger partial charge on any atom is 0.288 e. The smallest absolute Gasteiger partial charge is 0.288 e. The van der Waals surface area contributed by atoms with Crippen LogP contribution in [0.4, 0.5) is 0 Å². The molecule has 2 aliphatic heterocycles. The molecule has 3 aromatic rings. The molecule has 34 heavy (non-hydrogen) atoms. The largest absolute Gasteiger partial charge is 0.493 e. The lowest BCUT2D eigenvalue weighted by atomic mass is 9.96. The molecule has 5 atom stereocenters. The summed E-state index contributed by atoms with van der Waals surface area (Å²) in [6, 6.07) is 9.65. The number of aromatic nitrogens is 2. The molecule has 0 amide bonds. The van der Waals surface area contributed by atoms with Crippen molar-refractivity contribution in [3.05, 3.63) is 53.3 Å². The van der Waals surface area contributed by atoms with E-state index in [0.29, 0.717) is 30.6 Å². The van der Waals surface area contributed by atoms with Crippen LogP contribution in [0, 0.1) is 6.92 Å². The average molecular weight is 472 g/mol. The minimum Gasteiger partial charge on any atom is -0.493 e. The van der Waals surface area contributed by atoms with Gasteiger partial charge in [-0.15, -0.1) is 0 Å². The molecular weight excluding hydrogens is 444 g/mol. The summed E-state index contributed by atoms with van der Waals surface area (Å²) in [6.45, 7) is 2.43. The molecule has 10 nitrogen and oxygen atoms in total. The zero-order chi connectivity index (χ0) is 24.0. The van der Waals surface area contributed by atoms with Crippen molar-refractivity contribution < 1.29 is 39.7 Å². The van der Waals surface area contributed by atoms with E-state index >= 15 is 0 Å². The van der Waals surface area contributed by atoms with Crippen LogP contribution >= 0.6 is 0 Å². The Bertz CT molecular complexity index is 1200. The third-order valence-corrected chi connectivity index (χ3v) is 6.46. The summed E-state index contributed by atoms with van der Waals surface area (Å²) < 4.78 is 18.3. The molecule has 2 aromatic carbocycles. The van der Waals surface area contributed by atoms with Gasteiger partial charge in [0.1, 0.15) is 29.2 Å². The number of aliphatic hydroxyl groups is 5. The van der Waals surface area contributed by atoms with Crippen molar-refractivity contribution in [2.75, 3.05) is 13.2 Å². The summed E-state index contributed by atoms with van der Waals surface area (Å²) in [7, 11) is 0. The second kappa shape index (κ2) is 8.81. The Morgan fingerprint density at radius 3 is 2.82 bits per heavy atom. The van der Waals surface area contributed by atoms with Crippen LogP contribution in [-0.4, -0.2) is 78.7 Å². The summed E-state index contributed by atoms with van der Waals surface area (Å²) in [5, 5.41) is 51.4. The number of hydrogen-bond donors (Lipinski definition) is 5. The summed E-state index contributed by atoms with van der Waals surface area (Å²) in [6.07, 6.45) is -3.62. The predicted molar refractivity (Wildman–Crippen MR) is 119 cm³/mol. The Labute approximate surface area is 195 Å². The Balaban J connectivity index is 1.44. The monoisotopic (exact) mass is 472 g/mol. The van der Waals surface area contributed by atoms with E-state index in [0.717, 1.165) is 23.3 Å². The summed E-state index contributed by atoms with van der Waals surface area (Å²) >= 11 is 0. The number of aryl methyl sites for hydroxylation is 3. The number of ether oxygens (including phenoxy) is 3. The number of imidazole rings is 1. The first-order valence-corrected chi connectivity index (χ1v) is 11.2. The minimum absolute atomic E-state index is 0.161. The van der Waals surface area contributed by atoms with Crippen molar-refractivity contribution in [2.45, 2.75) is 56.7 Å². The first kappa shape index (κ1) is 23.0. The quantitative estimate of drug-likeness (QED) is 0.313. The molecule has 0 radical (unpaired) electrons. The second-order valence-corrected chi connectivity index (χ2v) is 8.86. The van der Waals surface area contributed by atoms with Crippen molar-refractivity contribution in [1.82, 2.24) is 9.55 Å². The van der Waals surface area contributed by atoms with Gasteiger partial charge >= 0.3 is 0 Å². The lowest BCUT2D eigenvalue weighted by Gasteiger charge is -2.45. The van der Waals surface area contributed by atoms with Crippen LogP contribution in [0.2, 0.25) is 0 Å². The Morgan fingerprint density at radius 2 is 2.03 bits per heavy atom. The molecule has 5 rings (SSSR count). The van der Waals surface area contributed by atoms with E-state index in [-0.39, 0.29) is 5.75 Å². The first-order chi connectivity index (χ1) is 16.3. The fourth-order valence-electron chi connectivity index (χ4n) is 4.57. The number of fused-ring (bicyclic) bond motifs is 2. The molecule has 0 spiro atoms. The van der Waals surface area contributed by atoms with Crippen molar-refractivity contribution >= 4 is 11.0 Å². The third kappa shape index (κ3) is 3.92. The number of nitrogens with zero attached hydrogens (tertiary/aromatic N) is 2. The normalized spacial score (nSPS) is 28.6. The summed E-state index contributed by atoms with van der Waals surface area (Å²) in [5.74, 6) is -1.58. The molecule has 2 aliphatic rings. The molecule has 182 valence electrons. The molecule has 0 unspecified atom stereocenters. The maximum absolute atomic E-state index is 11.0. The fourth-order valence-corrected chi connectivity index (χ4v) is 4.57. The van der Waals surface area contributed by atoms with E-state index in [1.54, 1.807) is 12.4 Å². The standard InChI is InChI=1S/C24H28N2O8/c1-13-8-16-20(18(9-13)34-24(31)22(29)21(28)19(11-27)33-23(24)30)26(12-25-16)6-4-14-2-3-17-15(10-14)5-7-32-17/h2-3,8-10,12,19,21-23,27-31H,4-7,11H2,1H3/t19-,21-,22+,23-,24+/m1/s1. The molecule has 3 heterocycles. The van der Waals surface area contributed by atoms with Gasteiger partial charge in [0.2, 0.25) is 6.29 Å². The van der Waals surface area contributed by atoms with Gasteiger partial charge in [-0.1, -0.05) is 12.1 Å². The van der Waals surface area contributed by atoms with E-state index in [1.165, 1.54) is 5.56 Å². The van der Waals surface area contributed by atoms with E-state index in [9.17, 15) is 25.5 Å². The second-order valence-electron chi connectivity index (χ2n) is 8.86. The van der Waals surface area contributed by atoms with E-state index in [4.69, 9.17) is 14.2 Å². The summed E-state index contributed by atoms with van der Waals surface area (Å²) in [4.78, 5) is 4.45. The molecule has 1 aromatic heterocycles. The van der Waals surface area contributed by atoms with Crippen LogP contribution in [0.3, 0.4) is 0 Å². The van der Waals surface area contributed by atoms with Gasteiger partial charge in [-0.3, -0.25) is 0 Å². The highest BCUT2D eigenvalue weighted by Crippen LogP contribution is 2.36. The van der Waals surface area contributed by atoms with Crippen LogP contribution in [0.25, 0.3) is 11.0 Å². The van der Waals surface area contributed by atoms with Crippen molar-refractivity contribution in [1.29, 1.82) is 0 Å². The highest BCUT2D eigenvalue weighted by atomic mass is 16.7. The number of benzene rings is 2. The van der Waals surface area contributed by atoms with Gasteiger partial charge in [-0.05, 0) is 48.2 Å². The van der Waals surface area contributed by atoms with Gasteiger partial charge in [-0.25, -0.2) is 4.98 Å². The van der Waals surface area contributed by atoms with Crippen molar-refractivity contribution in [3.63, 3.8) is 0 Å². The Morgan fingerprint density at radius 1 is 1.21 bits per heavy atom. The maximum atomic E-state index is 11.0. The highest BCUT2D eigenvalue weighted by Gasteiger charge is 2.57. The SMILES string of the molecule is Cc1cc(O[C@]2(O)[C@H](O)O[C@H](CO)[C@@H](O)[C@@H]2O)c2c(c1)ncn2CCc1ccc2c(c1)CCO2. The van der Waals surface area contributed by atoms with Gasteiger partial charge in [0, 0.05) is 13.0 Å². The Kier molecular flexibility index (Phi) is 5.96. The Hall–Kier alpha value is -2.73. The zero-order valence-electron chi connectivity index (χ0n) is 18.7. The first-order valence-electron chi connectivity index (χ1n) is 11.2. The third-order valence-electron chi connectivity index (χ3n) is 6.46. The lowest BCUT2D eigenvalue weighted by molar-refractivity contribution is -0.385. The topological polar surface area (TPSA) is 147 Å². The van der Waals surface area contributed by atoms with Crippen molar-refractivity contribution in [3.8, 4) is 11.5 Å². The van der Waals surface area contributed by atoms with Gasteiger partial charge < -0.3 is 44.3 Å². The van der Waals surface area contributed by atoms with Crippen LogP contribution in [0.1, 0.15) is 16.7 Å². The van der Waals surface area contributed by atoms with Gasteiger partial charge in [0.15, 0.2) is 6.10 Å². The zero-order valence-corrected chi connectivity index (χ0v) is 18.7.